The summed E-state index contributed by atoms with van der Waals surface area (Å²) in [6.45, 7) is 5.96. The van der Waals surface area contributed by atoms with Gasteiger partial charge in [-0.15, -0.1) is 0 Å². The molecule has 0 aromatic rings. The quantitative estimate of drug-likeness (QED) is 0.0935. The van der Waals surface area contributed by atoms with Crippen molar-refractivity contribution in [3.63, 3.8) is 0 Å². The summed E-state index contributed by atoms with van der Waals surface area (Å²) >= 11 is 0. The maximum atomic E-state index is 3.60. The van der Waals surface area contributed by atoms with Crippen LogP contribution in [-0.2, 0) is 0 Å². The van der Waals surface area contributed by atoms with Crippen molar-refractivity contribution in [2.75, 3.05) is 40.8 Å². The minimum Gasteiger partial charge on any atom is -0.331 e. The summed E-state index contributed by atoms with van der Waals surface area (Å²) in [7, 11) is 6.82. The van der Waals surface area contributed by atoms with E-state index in [1.54, 1.807) is 0 Å². The van der Waals surface area contributed by atoms with Crippen molar-refractivity contribution in [2.24, 2.45) is 0 Å². The van der Waals surface area contributed by atoms with E-state index in [0.717, 1.165) is 4.48 Å². The van der Waals surface area contributed by atoms with Crippen LogP contribution in [0, 0.1) is 0 Å². The van der Waals surface area contributed by atoms with Crippen molar-refractivity contribution in [3.05, 3.63) is 12.2 Å². The summed E-state index contributed by atoms with van der Waals surface area (Å²) in [5, 5.41) is 3.60. The Morgan fingerprint density at radius 3 is 1.37 bits per heavy atom. The van der Waals surface area contributed by atoms with Gasteiger partial charge in [-0.3, -0.25) is 0 Å². The number of hydrogen-bond acceptors (Lipinski definition) is 1. The van der Waals surface area contributed by atoms with Gasteiger partial charge in [-0.1, -0.05) is 103 Å². The van der Waals surface area contributed by atoms with Crippen LogP contribution in [0.2, 0.25) is 0 Å². The molecule has 0 amide bonds. The van der Waals surface area contributed by atoms with E-state index < -0.39 is 0 Å². The highest BCUT2D eigenvalue weighted by Gasteiger charge is 2.04. The number of unbranched alkanes of at least 4 members (excludes halogenated alkanes) is 16. The Labute approximate surface area is 191 Å². The zero-order valence-corrected chi connectivity index (χ0v) is 21.7. The summed E-state index contributed by atoms with van der Waals surface area (Å²) in [6.07, 6.45) is 31.5. The number of rotatable bonds is 24. The largest absolute Gasteiger partial charge is 0.331 e. The molecule has 0 aromatic heterocycles. The van der Waals surface area contributed by atoms with Crippen LogP contribution < -0.4 is 5.32 Å². The molecule has 2 heteroatoms. The van der Waals surface area contributed by atoms with Gasteiger partial charge in [0.15, 0.2) is 0 Å². The summed E-state index contributed by atoms with van der Waals surface area (Å²) in [5.74, 6) is 0. The standard InChI is InChI=1S/C28H59N2/c1-5-6-7-8-9-10-11-12-13-14-15-16-17-18-19-20-21-22-23-24-26-29-27-25-28-30(2,3)4/h12-13,29H,5-11,14-28H2,1-4H3/q+1/b13-12-. The van der Waals surface area contributed by atoms with Crippen molar-refractivity contribution in [1.29, 1.82) is 0 Å². The maximum Gasteiger partial charge on any atom is 0.0792 e. The first kappa shape index (κ1) is 29.7. The van der Waals surface area contributed by atoms with Gasteiger partial charge in [0.1, 0.15) is 0 Å². The molecule has 0 fully saturated rings. The minimum absolute atomic E-state index is 1.08. The Morgan fingerprint density at radius 1 is 0.500 bits per heavy atom. The zero-order valence-electron chi connectivity index (χ0n) is 21.7. The highest BCUT2D eigenvalue weighted by atomic mass is 15.3. The minimum atomic E-state index is 1.08. The lowest BCUT2D eigenvalue weighted by atomic mass is 10.1. The molecular weight excluding hydrogens is 364 g/mol. The van der Waals surface area contributed by atoms with Crippen LogP contribution in [-0.4, -0.2) is 45.3 Å². The van der Waals surface area contributed by atoms with Crippen molar-refractivity contribution >= 4 is 0 Å². The summed E-state index contributed by atoms with van der Waals surface area (Å²) in [5.41, 5.74) is 0. The maximum absolute atomic E-state index is 3.60. The van der Waals surface area contributed by atoms with Crippen LogP contribution in [0.25, 0.3) is 0 Å². The van der Waals surface area contributed by atoms with E-state index in [2.05, 4.69) is 45.5 Å². The van der Waals surface area contributed by atoms with Crippen LogP contribution in [0.15, 0.2) is 12.2 Å². The van der Waals surface area contributed by atoms with Gasteiger partial charge in [0.2, 0.25) is 0 Å². The lowest BCUT2D eigenvalue weighted by molar-refractivity contribution is -0.870. The van der Waals surface area contributed by atoms with Gasteiger partial charge in [-0.25, -0.2) is 0 Å². The molecule has 180 valence electrons. The Kier molecular flexibility index (Phi) is 23.1. The second-order valence-corrected chi connectivity index (χ2v) is 10.5. The highest BCUT2D eigenvalue weighted by Crippen LogP contribution is 2.12. The van der Waals surface area contributed by atoms with Gasteiger partial charge in [-0.05, 0) is 38.6 Å². The molecule has 0 aromatic carbocycles. The molecule has 0 rings (SSSR count). The Balaban J connectivity index is 3.09. The average molecular weight is 424 g/mol. The topological polar surface area (TPSA) is 12.0 Å². The molecule has 0 aliphatic heterocycles. The second kappa shape index (κ2) is 23.3. The van der Waals surface area contributed by atoms with E-state index in [-0.39, 0.29) is 0 Å². The van der Waals surface area contributed by atoms with Crippen molar-refractivity contribution in [1.82, 2.24) is 5.32 Å². The molecule has 0 radical (unpaired) electrons. The van der Waals surface area contributed by atoms with Crippen LogP contribution in [0.1, 0.15) is 129 Å². The first-order valence-electron chi connectivity index (χ1n) is 13.7. The van der Waals surface area contributed by atoms with E-state index in [0.29, 0.717) is 0 Å². The van der Waals surface area contributed by atoms with E-state index in [1.807, 2.05) is 0 Å². The third-order valence-corrected chi connectivity index (χ3v) is 6.05. The predicted molar refractivity (Wildman–Crippen MR) is 138 cm³/mol. The summed E-state index contributed by atoms with van der Waals surface area (Å²) in [4.78, 5) is 0. The fraction of sp³-hybridized carbons (Fsp3) is 0.929. The molecule has 1 N–H and O–H groups in total. The molecule has 0 aliphatic rings. The van der Waals surface area contributed by atoms with Crippen LogP contribution in [0.3, 0.4) is 0 Å². The summed E-state index contributed by atoms with van der Waals surface area (Å²) in [6, 6.07) is 0. The molecule has 0 saturated carbocycles. The van der Waals surface area contributed by atoms with E-state index >= 15 is 0 Å². The van der Waals surface area contributed by atoms with Crippen molar-refractivity contribution < 1.29 is 4.48 Å². The lowest BCUT2D eigenvalue weighted by Crippen LogP contribution is -2.36. The highest BCUT2D eigenvalue weighted by molar-refractivity contribution is 4.81. The molecule has 2 nitrogen and oxygen atoms in total. The molecule has 0 heterocycles. The first-order chi connectivity index (χ1) is 14.6. The number of nitrogens with zero attached hydrogens (tertiary/aromatic N) is 1. The number of hydrogen-bond donors (Lipinski definition) is 1. The second-order valence-electron chi connectivity index (χ2n) is 10.5. The van der Waals surface area contributed by atoms with Gasteiger partial charge in [0, 0.05) is 13.0 Å². The smallest absolute Gasteiger partial charge is 0.0792 e. The lowest BCUT2D eigenvalue weighted by Gasteiger charge is -2.23. The molecule has 0 spiro atoms. The Morgan fingerprint density at radius 2 is 0.900 bits per heavy atom. The fourth-order valence-electron chi connectivity index (χ4n) is 4.01. The van der Waals surface area contributed by atoms with Crippen LogP contribution >= 0.6 is 0 Å². The van der Waals surface area contributed by atoms with Gasteiger partial charge in [0.05, 0.1) is 27.7 Å². The predicted octanol–water partition coefficient (Wildman–Crippen LogP) is 8.27. The van der Waals surface area contributed by atoms with Gasteiger partial charge in [0.25, 0.3) is 0 Å². The van der Waals surface area contributed by atoms with Gasteiger partial charge in [-0.2, -0.15) is 0 Å². The Hall–Kier alpha value is -0.340. The molecular formula is C28H59N2+. The number of nitrogens with one attached hydrogen (secondary N) is 1. The fourth-order valence-corrected chi connectivity index (χ4v) is 4.01. The van der Waals surface area contributed by atoms with E-state index in [1.165, 1.54) is 142 Å². The molecule has 0 atom stereocenters. The average Bonchev–Trinajstić information content (AvgIpc) is 2.70. The first-order valence-corrected chi connectivity index (χ1v) is 13.7. The van der Waals surface area contributed by atoms with Crippen LogP contribution in [0.5, 0.6) is 0 Å². The van der Waals surface area contributed by atoms with Gasteiger partial charge < -0.3 is 9.80 Å². The number of allylic oxidation sites excluding steroid dienone is 2. The number of quaternary nitrogens is 1. The monoisotopic (exact) mass is 423 g/mol. The van der Waals surface area contributed by atoms with Crippen molar-refractivity contribution in [2.45, 2.75) is 129 Å². The van der Waals surface area contributed by atoms with Crippen LogP contribution in [0.4, 0.5) is 0 Å². The van der Waals surface area contributed by atoms with Gasteiger partial charge >= 0.3 is 0 Å². The third-order valence-electron chi connectivity index (χ3n) is 6.05. The summed E-state index contributed by atoms with van der Waals surface area (Å²) < 4.78 is 1.08. The third kappa shape index (κ3) is 27.7. The van der Waals surface area contributed by atoms with E-state index in [4.69, 9.17) is 0 Å². The molecule has 0 aliphatic carbocycles. The van der Waals surface area contributed by atoms with Crippen molar-refractivity contribution in [3.8, 4) is 0 Å². The normalized spacial score (nSPS) is 12.3. The molecule has 0 unspecified atom stereocenters. The Bertz CT molecular complexity index is 343. The molecule has 0 saturated heterocycles. The molecule has 30 heavy (non-hydrogen) atoms. The zero-order chi connectivity index (χ0) is 22.2. The van der Waals surface area contributed by atoms with E-state index in [9.17, 15) is 0 Å². The SMILES string of the molecule is CCCCCCCC/C=C\CCCCCCCCCCCCNCCC[N+](C)(C)C. The molecule has 0 bridgehead atoms.